The maximum Gasteiger partial charge on any atom is 0.260 e. The van der Waals surface area contributed by atoms with Crippen molar-refractivity contribution in [3.63, 3.8) is 0 Å². The number of nitrogens with zero attached hydrogens (tertiary/aromatic N) is 1. The van der Waals surface area contributed by atoms with Gasteiger partial charge in [-0.15, -0.1) is 0 Å². The van der Waals surface area contributed by atoms with Gasteiger partial charge >= 0.3 is 0 Å². The highest BCUT2D eigenvalue weighted by Gasteiger charge is 2.03. The van der Waals surface area contributed by atoms with Gasteiger partial charge in [-0.2, -0.15) is 0 Å². The number of hydrogen-bond donors (Lipinski definition) is 2. The molecule has 132 valence electrons. The molecule has 2 aromatic carbocycles. The van der Waals surface area contributed by atoms with E-state index in [-0.39, 0.29) is 18.3 Å². The number of halogens is 1. The molecule has 1 amide bonds. The molecule has 0 radical (unpaired) electrons. The van der Waals surface area contributed by atoms with E-state index in [2.05, 4.69) is 10.5 Å². The van der Waals surface area contributed by atoms with E-state index >= 15 is 0 Å². The Hall–Kier alpha value is -2.73. The van der Waals surface area contributed by atoms with Gasteiger partial charge in [-0.1, -0.05) is 41.0 Å². The average Bonchev–Trinajstić information content (AvgIpc) is 2.59. The Labute approximate surface area is 151 Å². The van der Waals surface area contributed by atoms with Crippen molar-refractivity contribution in [2.45, 2.75) is 6.92 Å². The van der Waals surface area contributed by atoms with Crippen LogP contribution >= 0.6 is 11.6 Å². The highest BCUT2D eigenvalue weighted by Crippen LogP contribution is 2.12. The molecule has 25 heavy (non-hydrogen) atoms. The number of aryl methyl sites for hydroxylation is 1. The lowest BCUT2D eigenvalue weighted by atomic mass is 10.2. The Morgan fingerprint density at radius 1 is 1.24 bits per heavy atom. The standard InChI is InChI=1S/C18H20ClN3O3/c1-13-4-2-7-16(10-13)24-9-8-21-17(23)12-25-22-18(20)14-5-3-6-15(19)11-14/h2-7,10-11H,8-9,12H2,1H3,(H2,20,22)(H,21,23). The molecule has 7 heteroatoms. The number of amidine groups is 1. The van der Waals surface area contributed by atoms with E-state index in [0.717, 1.165) is 11.3 Å². The number of nitrogens with one attached hydrogen (secondary N) is 1. The van der Waals surface area contributed by atoms with Crippen molar-refractivity contribution in [2.24, 2.45) is 10.9 Å². The predicted octanol–water partition coefficient (Wildman–Crippen LogP) is 2.48. The number of rotatable bonds is 8. The summed E-state index contributed by atoms with van der Waals surface area (Å²) in [6.07, 6.45) is 0. The van der Waals surface area contributed by atoms with Gasteiger partial charge in [-0.05, 0) is 36.8 Å². The molecule has 0 saturated carbocycles. The molecule has 0 atom stereocenters. The van der Waals surface area contributed by atoms with Gasteiger partial charge in [0, 0.05) is 10.6 Å². The summed E-state index contributed by atoms with van der Waals surface area (Å²) in [7, 11) is 0. The first kappa shape index (κ1) is 18.6. The number of nitrogens with two attached hydrogens (primary N) is 1. The molecule has 6 nitrogen and oxygen atoms in total. The summed E-state index contributed by atoms with van der Waals surface area (Å²) >= 11 is 5.87. The average molecular weight is 362 g/mol. The van der Waals surface area contributed by atoms with Crippen molar-refractivity contribution in [3.05, 3.63) is 64.7 Å². The lowest BCUT2D eigenvalue weighted by Gasteiger charge is -2.08. The molecule has 2 rings (SSSR count). The van der Waals surface area contributed by atoms with Gasteiger partial charge in [-0.3, -0.25) is 4.79 Å². The second-order valence-corrected chi connectivity index (χ2v) is 5.71. The van der Waals surface area contributed by atoms with E-state index < -0.39 is 0 Å². The first-order valence-electron chi connectivity index (χ1n) is 7.72. The molecule has 0 unspecified atom stereocenters. The molecule has 0 aliphatic rings. The van der Waals surface area contributed by atoms with Crippen LogP contribution in [0.15, 0.2) is 53.7 Å². The predicted molar refractivity (Wildman–Crippen MR) is 97.8 cm³/mol. The quantitative estimate of drug-likeness (QED) is 0.327. The lowest BCUT2D eigenvalue weighted by molar-refractivity contribution is -0.125. The molecule has 0 aliphatic carbocycles. The van der Waals surface area contributed by atoms with Crippen molar-refractivity contribution in [3.8, 4) is 5.75 Å². The number of benzene rings is 2. The second-order valence-electron chi connectivity index (χ2n) is 5.28. The lowest BCUT2D eigenvalue weighted by Crippen LogP contribution is -2.31. The smallest absolute Gasteiger partial charge is 0.260 e. The Bertz CT molecular complexity index is 750. The van der Waals surface area contributed by atoms with Gasteiger partial charge in [0.15, 0.2) is 12.4 Å². The van der Waals surface area contributed by atoms with Gasteiger partial charge in [0.05, 0.1) is 6.54 Å². The Balaban J connectivity index is 1.66. The highest BCUT2D eigenvalue weighted by atomic mass is 35.5. The van der Waals surface area contributed by atoms with E-state index in [1.54, 1.807) is 24.3 Å². The zero-order chi connectivity index (χ0) is 18.1. The molecule has 3 N–H and O–H groups in total. The first-order chi connectivity index (χ1) is 12.0. The van der Waals surface area contributed by atoms with Gasteiger partial charge in [0.25, 0.3) is 5.91 Å². The Morgan fingerprint density at radius 2 is 2.04 bits per heavy atom. The molecule has 0 aliphatic heterocycles. The fraction of sp³-hybridized carbons (Fsp3) is 0.222. The largest absolute Gasteiger partial charge is 0.492 e. The number of oxime groups is 1. The molecule has 0 aromatic heterocycles. The summed E-state index contributed by atoms with van der Waals surface area (Å²) < 4.78 is 5.53. The van der Waals surface area contributed by atoms with Crippen LogP contribution in [0.1, 0.15) is 11.1 Å². The number of amides is 1. The normalized spacial score (nSPS) is 11.0. The van der Waals surface area contributed by atoms with Gasteiger partial charge < -0.3 is 20.6 Å². The third-order valence-electron chi connectivity index (χ3n) is 3.16. The van der Waals surface area contributed by atoms with Gasteiger partial charge in [-0.25, -0.2) is 0 Å². The van der Waals surface area contributed by atoms with E-state index in [4.69, 9.17) is 26.9 Å². The summed E-state index contributed by atoms with van der Waals surface area (Å²) in [6.45, 7) is 2.49. The number of hydrogen-bond acceptors (Lipinski definition) is 4. The maximum atomic E-state index is 11.7. The summed E-state index contributed by atoms with van der Waals surface area (Å²) in [5.41, 5.74) is 7.50. The SMILES string of the molecule is Cc1cccc(OCCNC(=O)CO/N=C(/N)c2cccc(Cl)c2)c1. The fourth-order valence-corrected chi connectivity index (χ4v) is 2.17. The fourth-order valence-electron chi connectivity index (χ4n) is 1.98. The summed E-state index contributed by atoms with van der Waals surface area (Å²) in [5.74, 6) is 0.609. The Morgan fingerprint density at radius 3 is 2.80 bits per heavy atom. The molecule has 0 spiro atoms. The van der Waals surface area contributed by atoms with Crippen molar-refractivity contribution in [2.75, 3.05) is 19.8 Å². The minimum atomic E-state index is -0.310. The van der Waals surface area contributed by atoms with Crippen molar-refractivity contribution in [1.29, 1.82) is 0 Å². The maximum absolute atomic E-state index is 11.7. The van der Waals surface area contributed by atoms with Crippen LogP contribution in [0.25, 0.3) is 0 Å². The third kappa shape index (κ3) is 6.73. The third-order valence-corrected chi connectivity index (χ3v) is 3.40. The van der Waals surface area contributed by atoms with Gasteiger partial charge in [0.1, 0.15) is 12.4 Å². The van der Waals surface area contributed by atoms with Gasteiger partial charge in [0.2, 0.25) is 0 Å². The summed E-state index contributed by atoms with van der Waals surface area (Å²) in [5, 5.41) is 6.92. The minimum Gasteiger partial charge on any atom is -0.492 e. The summed E-state index contributed by atoms with van der Waals surface area (Å²) in [4.78, 5) is 16.6. The van der Waals surface area contributed by atoms with E-state index in [1.807, 2.05) is 31.2 Å². The molecule has 0 saturated heterocycles. The topological polar surface area (TPSA) is 85.9 Å². The first-order valence-corrected chi connectivity index (χ1v) is 8.10. The zero-order valence-electron chi connectivity index (χ0n) is 13.9. The number of ether oxygens (including phenoxy) is 1. The summed E-state index contributed by atoms with van der Waals surface area (Å²) in [6, 6.07) is 14.6. The van der Waals surface area contributed by atoms with Crippen LogP contribution in [-0.2, 0) is 9.63 Å². The van der Waals surface area contributed by atoms with Crippen LogP contribution in [0.3, 0.4) is 0 Å². The monoisotopic (exact) mass is 361 g/mol. The molecule has 0 heterocycles. The number of carbonyl (C=O) groups is 1. The highest BCUT2D eigenvalue weighted by molar-refractivity contribution is 6.31. The van der Waals surface area contributed by atoms with Crippen LogP contribution in [0.5, 0.6) is 5.75 Å². The minimum absolute atomic E-state index is 0.151. The van der Waals surface area contributed by atoms with E-state index in [0.29, 0.717) is 23.7 Å². The van der Waals surface area contributed by atoms with Crippen LogP contribution in [0.4, 0.5) is 0 Å². The van der Waals surface area contributed by atoms with Crippen LogP contribution in [0, 0.1) is 6.92 Å². The van der Waals surface area contributed by atoms with Crippen molar-refractivity contribution < 1.29 is 14.4 Å². The molecule has 0 fully saturated rings. The zero-order valence-corrected chi connectivity index (χ0v) is 14.6. The molecule has 2 aromatic rings. The van der Waals surface area contributed by atoms with Crippen molar-refractivity contribution >= 4 is 23.3 Å². The molecule has 0 bridgehead atoms. The molecular weight excluding hydrogens is 342 g/mol. The molecular formula is C18H20ClN3O3. The van der Waals surface area contributed by atoms with Crippen molar-refractivity contribution in [1.82, 2.24) is 5.32 Å². The van der Waals surface area contributed by atoms with Crippen LogP contribution in [-0.4, -0.2) is 31.5 Å². The van der Waals surface area contributed by atoms with Crippen LogP contribution in [0.2, 0.25) is 5.02 Å². The van der Waals surface area contributed by atoms with E-state index in [1.165, 1.54) is 0 Å². The Kier molecular flexibility index (Phi) is 7.10. The van der Waals surface area contributed by atoms with Crippen LogP contribution < -0.4 is 15.8 Å². The number of carbonyl (C=O) groups excluding carboxylic acids is 1. The second kappa shape index (κ2) is 9.54. The van der Waals surface area contributed by atoms with E-state index in [9.17, 15) is 4.79 Å².